The molecular formula is C13H18N4OS. The monoisotopic (exact) mass is 278 g/mol. The predicted molar refractivity (Wildman–Crippen MR) is 75.9 cm³/mol. The first-order chi connectivity index (χ1) is 9.02. The van der Waals surface area contributed by atoms with Gasteiger partial charge in [-0.1, -0.05) is 13.8 Å². The van der Waals surface area contributed by atoms with Crippen LogP contribution < -0.4 is 4.74 Å². The number of hydrogen-bond donors (Lipinski definition) is 1. The Labute approximate surface area is 117 Å². The molecule has 1 N–H and O–H groups in total. The Morgan fingerprint density at radius 1 is 1.47 bits per heavy atom. The SMILES string of the molecule is COc1ncnc2c1[nH]c(=S)n2C1CCC(C)(C)C1. The molecule has 0 spiro atoms. The first-order valence-corrected chi connectivity index (χ1v) is 6.92. The molecule has 1 unspecified atom stereocenters. The fourth-order valence-corrected chi connectivity index (χ4v) is 3.37. The first kappa shape index (κ1) is 12.6. The largest absolute Gasteiger partial charge is 0.479 e. The number of fused-ring (bicyclic) bond motifs is 1. The van der Waals surface area contributed by atoms with Gasteiger partial charge in [-0.05, 0) is 36.9 Å². The number of imidazole rings is 1. The molecule has 1 aliphatic carbocycles. The predicted octanol–water partition coefficient (Wildman–Crippen LogP) is 3.25. The van der Waals surface area contributed by atoms with Gasteiger partial charge < -0.3 is 9.72 Å². The van der Waals surface area contributed by atoms with Gasteiger partial charge in [-0.25, -0.2) is 4.98 Å². The second-order valence-corrected chi connectivity index (χ2v) is 6.33. The summed E-state index contributed by atoms with van der Waals surface area (Å²) in [6, 6.07) is 0.413. The van der Waals surface area contributed by atoms with Crippen molar-refractivity contribution in [2.75, 3.05) is 7.11 Å². The van der Waals surface area contributed by atoms with Gasteiger partial charge in [-0.2, -0.15) is 4.98 Å². The number of nitrogens with zero attached hydrogens (tertiary/aromatic N) is 3. The van der Waals surface area contributed by atoms with Crippen molar-refractivity contribution >= 4 is 23.4 Å². The Kier molecular flexibility index (Phi) is 2.85. The van der Waals surface area contributed by atoms with Gasteiger partial charge in [-0.15, -0.1) is 0 Å². The maximum absolute atomic E-state index is 5.46. The molecule has 19 heavy (non-hydrogen) atoms. The molecule has 1 aliphatic rings. The molecule has 2 aromatic heterocycles. The average Bonchev–Trinajstić information content (AvgIpc) is 2.87. The number of aromatic nitrogens is 4. The molecule has 0 amide bonds. The van der Waals surface area contributed by atoms with E-state index < -0.39 is 0 Å². The van der Waals surface area contributed by atoms with Crippen LogP contribution in [0.25, 0.3) is 11.2 Å². The van der Waals surface area contributed by atoms with Gasteiger partial charge in [0, 0.05) is 6.04 Å². The van der Waals surface area contributed by atoms with Crippen molar-refractivity contribution in [3.8, 4) is 5.88 Å². The van der Waals surface area contributed by atoms with E-state index in [1.54, 1.807) is 7.11 Å². The molecule has 102 valence electrons. The van der Waals surface area contributed by atoms with Crippen molar-refractivity contribution in [1.82, 2.24) is 19.5 Å². The van der Waals surface area contributed by atoms with Crippen LogP contribution in [0.3, 0.4) is 0 Å². The second kappa shape index (κ2) is 4.30. The summed E-state index contributed by atoms with van der Waals surface area (Å²) >= 11 is 5.46. The Balaban J connectivity index is 2.15. The van der Waals surface area contributed by atoms with Crippen LogP contribution in [-0.4, -0.2) is 26.6 Å². The van der Waals surface area contributed by atoms with Crippen LogP contribution in [0.1, 0.15) is 39.2 Å². The van der Waals surface area contributed by atoms with Gasteiger partial charge in [0.1, 0.15) is 11.8 Å². The smallest absolute Gasteiger partial charge is 0.242 e. The number of rotatable bonds is 2. The van der Waals surface area contributed by atoms with Gasteiger partial charge in [0.15, 0.2) is 10.4 Å². The summed E-state index contributed by atoms with van der Waals surface area (Å²) in [7, 11) is 1.61. The number of aromatic amines is 1. The number of ether oxygens (including phenoxy) is 1. The van der Waals surface area contributed by atoms with Crippen LogP contribution in [0.2, 0.25) is 0 Å². The molecule has 3 rings (SSSR count). The molecule has 1 atom stereocenters. The molecule has 2 heterocycles. The Morgan fingerprint density at radius 2 is 2.26 bits per heavy atom. The number of hydrogen-bond acceptors (Lipinski definition) is 4. The number of nitrogens with one attached hydrogen (secondary N) is 1. The molecule has 2 aromatic rings. The van der Waals surface area contributed by atoms with Crippen molar-refractivity contribution in [2.45, 2.75) is 39.2 Å². The van der Waals surface area contributed by atoms with E-state index in [-0.39, 0.29) is 0 Å². The highest BCUT2D eigenvalue weighted by Gasteiger charge is 2.33. The van der Waals surface area contributed by atoms with E-state index in [1.165, 1.54) is 12.7 Å². The topological polar surface area (TPSA) is 55.7 Å². The van der Waals surface area contributed by atoms with Gasteiger partial charge >= 0.3 is 0 Å². The van der Waals surface area contributed by atoms with E-state index >= 15 is 0 Å². The van der Waals surface area contributed by atoms with Gasteiger partial charge in [0.05, 0.1) is 7.11 Å². The average molecular weight is 278 g/mol. The molecule has 0 saturated heterocycles. The standard InChI is InChI=1S/C13H18N4OS/c1-13(2)5-4-8(6-13)17-10-9(16-12(17)19)11(18-3)15-7-14-10/h7-8H,4-6H2,1-3H3,(H,16,19). The third-order valence-corrected chi connectivity index (χ3v) is 4.27. The van der Waals surface area contributed by atoms with Crippen LogP contribution >= 0.6 is 12.2 Å². The quantitative estimate of drug-likeness (QED) is 0.857. The summed E-state index contributed by atoms with van der Waals surface area (Å²) in [6.45, 7) is 4.61. The molecule has 0 aliphatic heterocycles. The van der Waals surface area contributed by atoms with Crippen LogP contribution in [0.5, 0.6) is 5.88 Å². The first-order valence-electron chi connectivity index (χ1n) is 6.51. The molecule has 0 aromatic carbocycles. The maximum Gasteiger partial charge on any atom is 0.242 e. The normalized spacial score (nSPS) is 21.9. The lowest BCUT2D eigenvalue weighted by molar-refractivity contribution is 0.359. The van der Waals surface area contributed by atoms with Crippen LogP contribution in [-0.2, 0) is 0 Å². The lowest BCUT2D eigenvalue weighted by Gasteiger charge is -2.18. The summed E-state index contributed by atoms with van der Waals surface area (Å²) < 4.78 is 8.09. The van der Waals surface area contributed by atoms with Crippen molar-refractivity contribution in [2.24, 2.45) is 5.41 Å². The highest BCUT2D eigenvalue weighted by molar-refractivity contribution is 7.71. The van der Waals surface area contributed by atoms with Gasteiger partial charge in [0.25, 0.3) is 0 Å². The lowest BCUT2D eigenvalue weighted by atomic mass is 9.92. The van der Waals surface area contributed by atoms with Crippen molar-refractivity contribution in [3.63, 3.8) is 0 Å². The van der Waals surface area contributed by atoms with E-state index in [2.05, 4.69) is 33.4 Å². The van der Waals surface area contributed by atoms with Crippen LogP contribution in [0.4, 0.5) is 0 Å². The zero-order chi connectivity index (χ0) is 13.6. The lowest BCUT2D eigenvalue weighted by Crippen LogP contribution is -2.10. The molecule has 5 nitrogen and oxygen atoms in total. The van der Waals surface area contributed by atoms with Crippen molar-refractivity contribution in [3.05, 3.63) is 11.1 Å². The highest BCUT2D eigenvalue weighted by Crippen LogP contribution is 2.44. The van der Waals surface area contributed by atoms with Crippen molar-refractivity contribution < 1.29 is 4.74 Å². The molecule has 0 bridgehead atoms. The third-order valence-electron chi connectivity index (χ3n) is 3.97. The third kappa shape index (κ3) is 2.04. The van der Waals surface area contributed by atoms with Crippen molar-refractivity contribution in [1.29, 1.82) is 0 Å². The highest BCUT2D eigenvalue weighted by atomic mass is 32.1. The van der Waals surface area contributed by atoms with E-state index in [4.69, 9.17) is 17.0 Å². The zero-order valence-corrected chi connectivity index (χ0v) is 12.3. The minimum atomic E-state index is 0.375. The zero-order valence-electron chi connectivity index (χ0n) is 11.4. The molecule has 1 saturated carbocycles. The fraction of sp³-hybridized carbons (Fsp3) is 0.615. The van der Waals surface area contributed by atoms with E-state index in [0.29, 0.717) is 22.1 Å². The maximum atomic E-state index is 5.46. The molecule has 0 radical (unpaired) electrons. The summed E-state index contributed by atoms with van der Waals surface area (Å²) in [5, 5.41) is 0. The minimum absolute atomic E-state index is 0.375. The fourth-order valence-electron chi connectivity index (χ4n) is 3.03. The van der Waals surface area contributed by atoms with Crippen LogP contribution in [0, 0.1) is 10.2 Å². The van der Waals surface area contributed by atoms with E-state index in [1.807, 2.05) is 0 Å². The summed E-state index contributed by atoms with van der Waals surface area (Å²) in [6.07, 6.45) is 5.01. The van der Waals surface area contributed by atoms with Gasteiger partial charge in [0.2, 0.25) is 5.88 Å². The summed E-state index contributed by atoms with van der Waals surface area (Å²) in [5.74, 6) is 0.548. The Hall–Kier alpha value is -1.43. The Morgan fingerprint density at radius 3 is 2.89 bits per heavy atom. The molecular weight excluding hydrogens is 260 g/mol. The number of methoxy groups -OCH3 is 1. The summed E-state index contributed by atoms with van der Waals surface area (Å²) in [4.78, 5) is 11.7. The molecule has 1 fully saturated rings. The van der Waals surface area contributed by atoms with Crippen LogP contribution in [0.15, 0.2) is 6.33 Å². The van der Waals surface area contributed by atoms with E-state index in [0.717, 1.165) is 24.0 Å². The molecule has 6 heteroatoms. The van der Waals surface area contributed by atoms with E-state index in [9.17, 15) is 0 Å². The summed E-state index contributed by atoms with van der Waals surface area (Å²) in [5.41, 5.74) is 2.01. The Bertz CT molecular complexity index is 673. The van der Waals surface area contributed by atoms with Gasteiger partial charge in [-0.3, -0.25) is 4.57 Å². The number of H-pyrrole nitrogens is 1. The second-order valence-electron chi connectivity index (χ2n) is 5.94. The minimum Gasteiger partial charge on any atom is -0.479 e.